The van der Waals surface area contributed by atoms with Gasteiger partial charge in [-0.05, 0) is 36.6 Å². The third-order valence-electron chi connectivity index (χ3n) is 3.84. The zero-order chi connectivity index (χ0) is 15.2. The number of amides is 1. The lowest BCUT2D eigenvalue weighted by molar-refractivity contribution is -0.117. The smallest absolute Gasteiger partial charge is 0.244 e. The van der Waals surface area contributed by atoms with E-state index >= 15 is 0 Å². The molecule has 3 nitrogen and oxygen atoms in total. The fourth-order valence-electron chi connectivity index (χ4n) is 2.64. The van der Waals surface area contributed by atoms with Crippen molar-refractivity contribution in [3.8, 4) is 0 Å². The van der Waals surface area contributed by atoms with Crippen LogP contribution in [0.2, 0.25) is 10.0 Å². The number of carbonyl (C=O) groups is 1. The van der Waals surface area contributed by atoms with Gasteiger partial charge in [-0.3, -0.25) is 4.79 Å². The lowest BCUT2D eigenvalue weighted by Crippen LogP contribution is -2.42. The van der Waals surface area contributed by atoms with E-state index < -0.39 is 0 Å². The first-order valence-electron chi connectivity index (χ1n) is 7.14. The van der Waals surface area contributed by atoms with E-state index in [9.17, 15) is 9.90 Å². The molecule has 0 spiro atoms. The number of aliphatic hydroxyl groups excluding tert-OH is 1. The van der Waals surface area contributed by atoms with Crippen molar-refractivity contribution in [2.45, 2.75) is 31.7 Å². The number of rotatable bonds is 4. The van der Waals surface area contributed by atoms with Gasteiger partial charge in [0.15, 0.2) is 0 Å². The van der Waals surface area contributed by atoms with Crippen LogP contribution in [0, 0.1) is 5.92 Å². The molecule has 1 aliphatic carbocycles. The van der Waals surface area contributed by atoms with Gasteiger partial charge in [-0.2, -0.15) is 0 Å². The molecule has 2 unspecified atom stereocenters. The van der Waals surface area contributed by atoms with E-state index in [1.54, 1.807) is 24.3 Å². The van der Waals surface area contributed by atoms with Gasteiger partial charge in [-0.1, -0.05) is 42.1 Å². The number of aliphatic hydroxyl groups is 1. The van der Waals surface area contributed by atoms with Crippen molar-refractivity contribution in [2.75, 3.05) is 6.61 Å². The Bertz CT molecular complexity index is 531. The average Bonchev–Trinajstić information content (AvgIpc) is 2.49. The fraction of sp³-hybridized carbons (Fsp3) is 0.438. The third kappa shape index (κ3) is 4.73. The molecule has 0 radical (unpaired) electrons. The summed E-state index contributed by atoms with van der Waals surface area (Å²) in [6.07, 6.45) is 7.31. The van der Waals surface area contributed by atoms with Gasteiger partial charge in [0.2, 0.25) is 5.91 Å². The molecule has 1 aromatic rings. The van der Waals surface area contributed by atoms with Gasteiger partial charge in [0.05, 0.1) is 10.0 Å². The Labute approximate surface area is 134 Å². The second-order valence-electron chi connectivity index (χ2n) is 5.35. The van der Waals surface area contributed by atoms with Gasteiger partial charge >= 0.3 is 0 Å². The number of benzene rings is 1. The molecule has 0 bridgehead atoms. The van der Waals surface area contributed by atoms with Gasteiger partial charge < -0.3 is 10.4 Å². The summed E-state index contributed by atoms with van der Waals surface area (Å²) >= 11 is 11.8. The van der Waals surface area contributed by atoms with E-state index in [0.717, 1.165) is 31.2 Å². The molecule has 1 fully saturated rings. The molecule has 21 heavy (non-hydrogen) atoms. The number of carbonyl (C=O) groups excluding carboxylic acids is 1. The minimum atomic E-state index is -0.147. The maximum atomic E-state index is 12.0. The van der Waals surface area contributed by atoms with Gasteiger partial charge in [-0.15, -0.1) is 0 Å². The van der Waals surface area contributed by atoms with Crippen LogP contribution < -0.4 is 5.32 Å². The predicted molar refractivity (Wildman–Crippen MR) is 86.5 cm³/mol. The predicted octanol–water partition coefficient (Wildman–Crippen LogP) is 3.67. The molecule has 1 aromatic carbocycles. The number of hydrogen-bond acceptors (Lipinski definition) is 2. The topological polar surface area (TPSA) is 49.3 Å². The standard InChI is InChI=1S/C16H19Cl2NO2/c17-13-7-5-11(9-14(13)18)6-8-16(21)19-15-4-2-1-3-12(15)10-20/h5-9,12,15,20H,1-4,10H2,(H,19,21)/b8-6+. The van der Waals surface area contributed by atoms with Crippen LogP contribution in [-0.4, -0.2) is 23.7 Å². The first-order chi connectivity index (χ1) is 10.1. The van der Waals surface area contributed by atoms with Crippen molar-refractivity contribution in [2.24, 2.45) is 5.92 Å². The number of hydrogen-bond donors (Lipinski definition) is 2. The molecule has 0 aliphatic heterocycles. The molecule has 2 atom stereocenters. The molecular formula is C16H19Cl2NO2. The lowest BCUT2D eigenvalue weighted by Gasteiger charge is -2.30. The zero-order valence-corrected chi connectivity index (χ0v) is 13.2. The van der Waals surface area contributed by atoms with Crippen molar-refractivity contribution in [1.82, 2.24) is 5.32 Å². The van der Waals surface area contributed by atoms with Gasteiger partial charge in [0, 0.05) is 24.6 Å². The monoisotopic (exact) mass is 327 g/mol. The van der Waals surface area contributed by atoms with E-state index in [2.05, 4.69) is 5.32 Å². The Balaban J connectivity index is 1.94. The van der Waals surface area contributed by atoms with E-state index in [0.29, 0.717) is 10.0 Å². The van der Waals surface area contributed by atoms with Crippen LogP contribution in [0.5, 0.6) is 0 Å². The zero-order valence-electron chi connectivity index (χ0n) is 11.7. The fourth-order valence-corrected chi connectivity index (χ4v) is 2.94. The molecule has 2 N–H and O–H groups in total. The second-order valence-corrected chi connectivity index (χ2v) is 6.16. The van der Waals surface area contributed by atoms with Gasteiger partial charge in [0.25, 0.3) is 0 Å². The van der Waals surface area contributed by atoms with Crippen molar-refractivity contribution in [1.29, 1.82) is 0 Å². The van der Waals surface area contributed by atoms with Crippen molar-refractivity contribution >= 4 is 35.2 Å². The number of halogens is 2. The summed E-state index contributed by atoms with van der Waals surface area (Å²) in [5, 5.41) is 13.3. The van der Waals surface area contributed by atoms with Crippen LogP contribution in [-0.2, 0) is 4.79 Å². The summed E-state index contributed by atoms with van der Waals surface area (Å²) in [4.78, 5) is 12.0. The normalized spacial score (nSPS) is 22.4. The van der Waals surface area contributed by atoms with Crippen LogP contribution >= 0.6 is 23.2 Å². The highest BCUT2D eigenvalue weighted by Crippen LogP contribution is 2.24. The second kappa shape index (κ2) is 7.83. The Kier molecular flexibility index (Phi) is 6.09. The highest BCUT2D eigenvalue weighted by molar-refractivity contribution is 6.42. The minimum Gasteiger partial charge on any atom is -0.396 e. The molecule has 1 amide bonds. The summed E-state index contributed by atoms with van der Waals surface area (Å²) in [6.45, 7) is 0.126. The third-order valence-corrected chi connectivity index (χ3v) is 4.58. The molecular weight excluding hydrogens is 309 g/mol. The molecule has 0 aromatic heterocycles. The molecule has 0 heterocycles. The summed E-state index contributed by atoms with van der Waals surface area (Å²) in [6, 6.07) is 5.28. The van der Waals surface area contributed by atoms with Crippen molar-refractivity contribution in [3.05, 3.63) is 39.9 Å². The van der Waals surface area contributed by atoms with Crippen LogP contribution in [0.15, 0.2) is 24.3 Å². The molecule has 1 aliphatic rings. The summed E-state index contributed by atoms with van der Waals surface area (Å²) < 4.78 is 0. The highest BCUT2D eigenvalue weighted by atomic mass is 35.5. The van der Waals surface area contributed by atoms with Crippen LogP contribution in [0.3, 0.4) is 0 Å². The quantitative estimate of drug-likeness (QED) is 0.829. The van der Waals surface area contributed by atoms with Gasteiger partial charge in [0.1, 0.15) is 0 Å². The summed E-state index contributed by atoms with van der Waals surface area (Å²) in [5.41, 5.74) is 0.821. The number of nitrogens with one attached hydrogen (secondary N) is 1. The van der Waals surface area contributed by atoms with E-state index in [-0.39, 0.29) is 24.5 Å². The Morgan fingerprint density at radius 3 is 2.76 bits per heavy atom. The Morgan fingerprint density at radius 1 is 1.29 bits per heavy atom. The van der Waals surface area contributed by atoms with Crippen molar-refractivity contribution in [3.63, 3.8) is 0 Å². The Hall–Kier alpha value is -1.03. The maximum absolute atomic E-state index is 12.0. The highest BCUT2D eigenvalue weighted by Gasteiger charge is 2.25. The van der Waals surface area contributed by atoms with Crippen LogP contribution in [0.25, 0.3) is 6.08 Å². The SMILES string of the molecule is O=C(/C=C/c1ccc(Cl)c(Cl)c1)NC1CCCCC1CO. The average molecular weight is 328 g/mol. The lowest BCUT2D eigenvalue weighted by atomic mass is 9.85. The van der Waals surface area contributed by atoms with E-state index in [1.807, 2.05) is 0 Å². The van der Waals surface area contributed by atoms with E-state index in [1.165, 1.54) is 6.08 Å². The van der Waals surface area contributed by atoms with Crippen LogP contribution in [0.4, 0.5) is 0 Å². The largest absolute Gasteiger partial charge is 0.396 e. The molecule has 0 saturated heterocycles. The molecule has 5 heteroatoms. The molecule has 114 valence electrons. The first kappa shape index (κ1) is 16.3. The van der Waals surface area contributed by atoms with Crippen molar-refractivity contribution < 1.29 is 9.90 Å². The minimum absolute atomic E-state index is 0.0645. The summed E-state index contributed by atoms with van der Waals surface area (Å²) in [7, 11) is 0. The maximum Gasteiger partial charge on any atom is 0.244 e. The molecule has 2 rings (SSSR count). The van der Waals surface area contributed by atoms with Crippen LogP contribution in [0.1, 0.15) is 31.2 Å². The summed E-state index contributed by atoms with van der Waals surface area (Å²) in [5.74, 6) is 0.0208. The van der Waals surface area contributed by atoms with E-state index in [4.69, 9.17) is 23.2 Å². The molecule has 1 saturated carbocycles. The van der Waals surface area contributed by atoms with Gasteiger partial charge in [-0.25, -0.2) is 0 Å². The Morgan fingerprint density at radius 2 is 2.05 bits per heavy atom. The first-order valence-corrected chi connectivity index (χ1v) is 7.90.